The summed E-state index contributed by atoms with van der Waals surface area (Å²) in [5, 5.41) is 10.9. The summed E-state index contributed by atoms with van der Waals surface area (Å²) in [7, 11) is 0. The number of hydrogen-bond acceptors (Lipinski definition) is 5. The van der Waals surface area contributed by atoms with Gasteiger partial charge >= 0.3 is 0 Å². The van der Waals surface area contributed by atoms with Gasteiger partial charge in [-0.1, -0.05) is 47.5 Å². The maximum absolute atomic E-state index is 9.66. The van der Waals surface area contributed by atoms with E-state index in [9.17, 15) is 5.26 Å². The molecule has 4 rings (SSSR count). The number of benzene rings is 2. The molecule has 5 nitrogen and oxygen atoms in total. The van der Waals surface area contributed by atoms with E-state index >= 15 is 0 Å². The van der Waals surface area contributed by atoms with E-state index in [4.69, 9.17) is 32.9 Å². The lowest BCUT2D eigenvalue weighted by Crippen LogP contribution is -2.25. The van der Waals surface area contributed by atoms with Crippen molar-refractivity contribution in [3.63, 3.8) is 0 Å². The van der Waals surface area contributed by atoms with Crippen molar-refractivity contribution in [2.75, 3.05) is 26.2 Å². The zero-order valence-corrected chi connectivity index (χ0v) is 17.8. The van der Waals surface area contributed by atoms with Crippen molar-refractivity contribution in [2.45, 2.75) is 12.8 Å². The normalized spacial score (nSPS) is 13.9. The minimum atomic E-state index is 0.166. The van der Waals surface area contributed by atoms with E-state index in [1.165, 1.54) is 12.8 Å². The average molecular weight is 439 g/mol. The molecule has 0 N–H and O–H groups in total. The minimum Gasteiger partial charge on any atom is -0.474 e. The molecule has 0 unspecified atom stereocenters. The Labute approximate surface area is 185 Å². The Morgan fingerprint density at radius 1 is 0.867 bits per heavy atom. The van der Waals surface area contributed by atoms with Gasteiger partial charge in [0, 0.05) is 27.7 Å². The molecule has 0 bridgehead atoms. The quantitative estimate of drug-likeness (QED) is 0.510. The Morgan fingerprint density at radius 3 is 1.93 bits per heavy atom. The van der Waals surface area contributed by atoms with Crippen molar-refractivity contribution < 1.29 is 4.74 Å². The van der Waals surface area contributed by atoms with Crippen LogP contribution in [0.3, 0.4) is 0 Å². The molecule has 1 fully saturated rings. The fourth-order valence-electron chi connectivity index (χ4n) is 3.49. The maximum atomic E-state index is 9.66. The van der Waals surface area contributed by atoms with Crippen LogP contribution in [0.5, 0.6) is 5.88 Å². The number of aromatic nitrogens is 2. The fraction of sp³-hybridized carbons (Fsp3) is 0.261. The zero-order chi connectivity index (χ0) is 20.9. The molecule has 2 heterocycles. The van der Waals surface area contributed by atoms with Crippen LogP contribution < -0.4 is 4.74 Å². The lowest BCUT2D eigenvalue weighted by Gasteiger charge is -2.16. The summed E-state index contributed by atoms with van der Waals surface area (Å²) in [6.07, 6.45) is 2.44. The third-order valence-electron chi connectivity index (χ3n) is 5.05. The minimum absolute atomic E-state index is 0.166. The number of rotatable bonds is 6. The van der Waals surface area contributed by atoms with Crippen molar-refractivity contribution in [3.05, 3.63) is 64.3 Å². The van der Waals surface area contributed by atoms with E-state index in [0.717, 1.165) is 30.8 Å². The Kier molecular flexibility index (Phi) is 6.49. The summed E-state index contributed by atoms with van der Waals surface area (Å²) in [5.41, 5.74) is 3.04. The number of ether oxygens (including phenoxy) is 1. The molecule has 0 saturated carbocycles. The molecule has 30 heavy (non-hydrogen) atoms. The van der Waals surface area contributed by atoms with Gasteiger partial charge in [0.15, 0.2) is 0 Å². The molecule has 0 amide bonds. The molecule has 1 aliphatic heterocycles. The first-order valence-corrected chi connectivity index (χ1v) is 10.6. The first-order valence-electron chi connectivity index (χ1n) is 9.83. The summed E-state index contributed by atoms with van der Waals surface area (Å²) in [6, 6.07) is 16.8. The molecule has 2 aromatic carbocycles. The van der Waals surface area contributed by atoms with E-state index in [-0.39, 0.29) is 11.6 Å². The van der Waals surface area contributed by atoms with Crippen LogP contribution in [-0.4, -0.2) is 41.1 Å². The second-order valence-electron chi connectivity index (χ2n) is 7.10. The second kappa shape index (κ2) is 9.44. The predicted octanol–water partition coefficient (Wildman–Crippen LogP) is 5.46. The Balaban J connectivity index is 1.72. The zero-order valence-electron chi connectivity index (χ0n) is 16.3. The van der Waals surface area contributed by atoms with Crippen LogP contribution in [0.4, 0.5) is 0 Å². The van der Waals surface area contributed by atoms with Gasteiger partial charge in [0.1, 0.15) is 18.4 Å². The summed E-state index contributed by atoms with van der Waals surface area (Å²) >= 11 is 12.1. The number of likely N-dealkylation sites (tertiary alicyclic amines) is 1. The van der Waals surface area contributed by atoms with Crippen LogP contribution in [0, 0.1) is 11.3 Å². The highest BCUT2D eigenvalue weighted by atomic mass is 35.5. The Hall–Kier alpha value is -2.65. The smallest absolute Gasteiger partial charge is 0.251 e. The fourth-order valence-corrected chi connectivity index (χ4v) is 3.74. The van der Waals surface area contributed by atoms with E-state index in [2.05, 4.69) is 16.0 Å². The number of nitrogens with zero attached hydrogens (tertiary/aromatic N) is 4. The van der Waals surface area contributed by atoms with Crippen LogP contribution in [0.2, 0.25) is 10.0 Å². The van der Waals surface area contributed by atoms with Crippen molar-refractivity contribution in [1.29, 1.82) is 5.26 Å². The predicted molar refractivity (Wildman–Crippen MR) is 119 cm³/mol. The molecule has 1 aromatic heterocycles. The molecule has 7 heteroatoms. The number of halogens is 2. The Morgan fingerprint density at radius 2 is 1.40 bits per heavy atom. The van der Waals surface area contributed by atoms with E-state index in [0.29, 0.717) is 28.0 Å². The molecular formula is C23H20Cl2N4O. The SMILES string of the molecule is N#Cc1nc(-c2ccc(Cl)cc2)c(-c2ccc(Cl)cc2)nc1OCCN1CCCC1. The van der Waals surface area contributed by atoms with Crippen molar-refractivity contribution in [1.82, 2.24) is 14.9 Å². The Bertz CT molecular complexity index is 1060. The summed E-state index contributed by atoms with van der Waals surface area (Å²) in [6.45, 7) is 3.45. The summed E-state index contributed by atoms with van der Waals surface area (Å²) in [4.78, 5) is 11.7. The molecule has 1 aliphatic rings. The van der Waals surface area contributed by atoms with Gasteiger partial charge in [0.2, 0.25) is 5.69 Å². The largest absolute Gasteiger partial charge is 0.474 e. The lowest BCUT2D eigenvalue weighted by molar-refractivity contribution is 0.231. The highest BCUT2D eigenvalue weighted by Crippen LogP contribution is 2.33. The van der Waals surface area contributed by atoms with Gasteiger partial charge in [0.05, 0.1) is 5.69 Å². The highest BCUT2D eigenvalue weighted by Gasteiger charge is 2.19. The molecule has 152 valence electrons. The van der Waals surface area contributed by atoms with Crippen LogP contribution in [0.25, 0.3) is 22.5 Å². The summed E-state index contributed by atoms with van der Waals surface area (Å²) < 4.78 is 5.90. The molecule has 0 aliphatic carbocycles. The van der Waals surface area contributed by atoms with Gasteiger partial charge in [0.25, 0.3) is 5.88 Å². The van der Waals surface area contributed by atoms with Crippen molar-refractivity contribution in [2.24, 2.45) is 0 Å². The molecule has 0 spiro atoms. The maximum Gasteiger partial charge on any atom is 0.251 e. The van der Waals surface area contributed by atoms with Crippen LogP contribution in [0.1, 0.15) is 18.5 Å². The van der Waals surface area contributed by atoms with Gasteiger partial charge < -0.3 is 4.74 Å². The van der Waals surface area contributed by atoms with Gasteiger partial charge in [-0.05, 0) is 50.2 Å². The number of nitriles is 1. The molecule has 3 aromatic rings. The average Bonchev–Trinajstić information content (AvgIpc) is 3.28. The van der Waals surface area contributed by atoms with Gasteiger partial charge in [-0.25, -0.2) is 9.97 Å². The van der Waals surface area contributed by atoms with Crippen LogP contribution >= 0.6 is 23.2 Å². The van der Waals surface area contributed by atoms with Gasteiger partial charge in [-0.2, -0.15) is 5.26 Å². The van der Waals surface area contributed by atoms with Crippen molar-refractivity contribution >= 4 is 23.2 Å². The number of hydrogen-bond donors (Lipinski definition) is 0. The van der Waals surface area contributed by atoms with E-state index < -0.39 is 0 Å². The highest BCUT2D eigenvalue weighted by molar-refractivity contribution is 6.31. The molecular weight excluding hydrogens is 419 g/mol. The monoisotopic (exact) mass is 438 g/mol. The summed E-state index contributed by atoms with van der Waals surface area (Å²) in [5.74, 6) is 0.249. The van der Waals surface area contributed by atoms with Gasteiger partial charge in [-0.3, -0.25) is 4.90 Å². The molecule has 0 atom stereocenters. The first kappa shape index (κ1) is 20.6. The molecule has 1 saturated heterocycles. The topological polar surface area (TPSA) is 62.0 Å². The van der Waals surface area contributed by atoms with Crippen LogP contribution in [-0.2, 0) is 0 Å². The van der Waals surface area contributed by atoms with Gasteiger partial charge in [-0.15, -0.1) is 0 Å². The standard InChI is InChI=1S/C23H20Cl2N4O/c24-18-7-3-16(4-8-18)21-22(17-5-9-19(25)10-6-17)28-23(20(15-26)27-21)30-14-13-29-11-1-2-12-29/h3-10H,1-2,11-14H2. The second-order valence-corrected chi connectivity index (χ2v) is 7.97. The van der Waals surface area contributed by atoms with Crippen LogP contribution in [0.15, 0.2) is 48.5 Å². The third-order valence-corrected chi connectivity index (χ3v) is 5.55. The van der Waals surface area contributed by atoms with E-state index in [1.807, 2.05) is 24.3 Å². The molecule has 0 radical (unpaired) electrons. The lowest BCUT2D eigenvalue weighted by atomic mass is 10.0. The third kappa shape index (κ3) is 4.73. The van der Waals surface area contributed by atoms with E-state index in [1.54, 1.807) is 24.3 Å². The van der Waals surface area contributed by atoms with Crippen molar-refractivity contribution in [3.8, 4) is 34.5 Å². The first-order chi connectivity index (χ1) is 14.6.